The molecule has 0 saturated heterocycles. The van der Waals surface area contributed by atoms with Crippen molar-refractivity contribution < 1.29 is 14.3 Å². The van der Waals surface area contributed by atoms with Gasteiger partial charge in [-0.25, -0.2) is 18.9 Å². The average Bonchev–Trinajstić information content (AvgIpc) is 2.91. The number of hydrogen-bond acceptors (Lipinski definition) is 3. The predicted octanol–water partition coefficient (Wildman–Crippen LogP) is 4.08. The van der Waals surface area contributed by atoms with Gasteiger partial charge in [0.1, 0.15) is 11.0 Å². The summed E-state index contributed by atoms with van der Waals surface area (Å²) in [4.78, 5) is 15.1. The van der Waals surface area contributed by atoms with Gasteiger partial charge in [-0.3, -0.25) is 0 Å². The number of carboxylic acids is 1. The first-order valence-corrected chi connectivity index (χ1v) is 7.11. The quantitative estimate of drug-likeness (QED) is 0.722. The van der Waals surface area contributed by atoms with E-state index in [1.165, 1.54) is 35.1 Å². The third-order valence-electron chi connectivity index (χ3n) is 3.04. The fraction of sp³-hybridized carbons (Fsp3) is 0. The Morgan fingerprint density at radius 1 is 1.17 bits per heavy atom. The Bertz CT molecular complexity index is 891. The summed E-state index contributed by atoms with van der Waals surface area (Å²) < 4.78 is 15.0. The molecule has 0 fully saturated rings. The van der Waals surface area contributed by atoms with Gasteiger partial charge in [-0.15, -0.1) is 0 Å². The minimum absolute atomic E-state index is 0.187. The number of carbonyl (C=O) groups is 1. The lowest BCUT2D eigenvalue weighted by molar-refractivity contribution is 0.0690. The SMILES string of the molecule is O=C(O)c1cc(-c2cc(F)cc(Cl)c2)n(-c2ccnc(Cl)c2)n1. The van der Waals surface area contributed by atoms with Crippen molar-refractivity contribution in [3.05, 3.63) is 64.3 Å². The van der Waals surface area contributed by atoms with Crippen molar-refractivity contribution in [1.29, 1.82) is 0 Å². The lowest BCUT2D eigenvalue weighted by Gasteiger charge is -2.08. The molecule has 0 aliphatic heterocycles. The Kier molecular flexibility index (Phi) is 4.02. The third-order valence-corrected chi connectivity index (χ3v) is 3.47. The van der Waals surface area contributed by atoms with Gasteiger partial charge in [0.25, 0.3) is 0 Å². The number of aromatic nitrogens is 3. The summed E-state index contributed by atoms with van der Waals surface area (Å²) in [7, 11) is 0. The molecule has 0 spiro atoms. The van der Waals surface area contributed by atoms with Crippen molar-refractivity contribution in [2.24, 2.45) is 0 Å². The highest BCUT2D eigenvalue weighted by atomic mass is 35.5. The van der Waals surface area contributed by atoms with Crippen LogP contribution in [0.5, 0.6) is 0 Å². The standard InChI is InChI=1S/C15H8Cl2FN3O2/c16-9-3-8(4-10(18)5-9)13-7-12(15(22)23)20-21(13)11-1-2-19-14(17)6-11/h1-7H,(H,22,23). The molecule has 8 heteroatoms. The highest BCUT2D eigenvalue weighted by Crippen LogP contribution is 2.28. The molecule has 3 rings (SSSR count). The number of pyridine rings is 1. The van der Waals surface area contributed by atoms with E-state index in [0.717, 1.165) is 6.07 Å². The first-order valence-electron chi connectivity index (χ1n) is 6.36. The van der Waals surface area contributed by atoms with Crippen molar-refractivity contribution >= 4 is 29.2 Å². The molecule has 1 N–H and O–H groups in total. The van der Waals surface area contributed by atoms with E-state index in [1.54, 1.807) is 6.07 Å². The first kappa shape index (κ1) is 15.5. The topological polar surface area (TPSA) is 68.0 Å². The van der Waals surface area contributed by atoms with Crippen LogP contribution in [-0.2, 0) is 0 Å². The predicted molar refractivity (Wildman–Crippen MR) is 83.7 cm³/mol. The number of aromatic carboxylic acids is 1. The van der Waals surface area contributed by atoms with Crippen LogP contribution in [0.4, 0.5) is 4.39 Å². The van der Waals surface area contributed by atoms with E-state index >= 15 is 0 Å². The smallest absolute Gasteiger partial charge is 0.356 e. The molecule has 5 nitrogen and oxygen atoms in total. The van der Waals surface area contributed by atoms with Crippen molar-refractivity contribution in [3.63, 3.8) is 0 Å². The second-order valence-electron chi connectivity index (χ2n) is 4.63. The van der Waals surface area contributed by atoms with E-state index < -0.39 is 11.8 Å². The van der Waals surface area contributed by atoms with Gasteiger partial charge in [0.15, 0.2) is 5.69 Å². The zero-order valence-electron chi connectivity index (χ0n) is 11.4. The van der Waals surface area contributed by atoms with E-state index in [-0.39, 0.29) is 15.9 Å². The molecule has 0 radical (unpaired) electrons. The van der Waals surface area contributed by atoms with Gasteiger partial charge < -0.3 is 5.11 Å². The Labute approximate surface area is 139 Å². The van der Waals surface area contributed by atoms with Gasteiger partial charge in [-0.1, -0.05) is 23.2 Å². The van der Waals surface area contributed by atoms with Crippen molar-refractivity contribution in [3.8, 4) is 16.9 Å². The second kappa shape index (κ2) is 5.98. The van der Waals surface area contributed by atoms with Crippen LogP contribution in [-0.4, -0.2) is 25.8 Å². The number of nitrogens with zero attached hydrogens (tertiary/aromatic N) is 3. The maximum atomic E-state index is 13.6. The number of hydrogen-bond donors (Lipinski definition) is 1. The molecule has 0 atom stereocenters. The molecule has 0 bridgehead atoms. The minimum Gasteiger partial charge on any atom is -0.476 e. The number of halogens is 3. The maximum Gasteiger partial charge on any atom is 0.356 e. The molecule has 2 aromatic heterocycles. The van der Waals surface area contributed by atoms with Gasteiger partial charge in [0.05, 0.1) is 11.4 Å². The molecular weight excluding hydrogens is 344 g/mol. The minimum atomic E-state index is -1.20. The fourth-order valence-electron chi connectivity index (χ4n) is 2.11. The lowest BCUT2D eigenvalue weighted by atomic mass is 10.1. The van der Waals surface area contributed by atoms with Crippen LogP contribution >= 0.6 is 23.2 Å². The van der Waals surface area contributed by atoms with Crippen molar-refractivity contribution in [1.82, 2.24) is 14.8 Å². The van der Waals surface area contributed by atoms with E-state index in [9.17, 15) is 9.18 Å². The molecule has 0 aliphatic rings. The average molecular weight is 352 g/mol. The van der Waals surface area contributed by atoms with E-state index in [2.05, 4.69) is 10.1 Å². The molecular formula is C15H8Cl2FN3O2. The number of rotatable bonds is 3. The zero-order chi connectivity index (χ0) is 16.6. The van der Waals surface area contributed by atoms with Crippen LogP contribution in [0.3, 0.4) is 0 Å². The van der Waals surface area contributed by atoms with Crippen LogP contribution in [0, 0.1) is 5.82 Å². The molecule has 0 unspecified atom stereocenters. The van der Waals surface area contributed by atoms with Gasteiger partial charge in [0, 0.05) is 22.8 Å². The summed E-state index contributed by atoms with van der Waals surface area (Å²) in [6, 6.07) is 8.38. The van der Waals surface area contributed by atoms with Gasteiger partial charge in [-0.2, -0.15) is 5.10 Å². The molecule has 2 heterocycles. The van der Waals surface area contributed by atoms with Crippen LogP contribution in [0.15, 0.2) is 42.6 Å². The van der Waals surface area contributed by atoms with Crippen LogP contribution in [0.25, 0.3) is 16.9 Å². The summed E-state index contributed by atoms with van der Waals surface area (Å²) in [6.07, 6.45) is 1.46. The molecule has 23 heavy (non-hydrogen) atoms. The lowest BCUT2D eigenvalue weighted by Crippen LogP contribution is -2.02. The fourth-order valence-corrected chi connectivity index (χ4v) is 2.50. The zero-order valence-corrected chi connectivity index (χ0v) is 12.9. The Balaban J connectivity index is 2.25. The number of benzene rings is 1. The van der Waals surface area contributed by atoms with Crippen LogP contribution < -0.4 is 0 Å². The Morgan fingerprint density at radius 2 is 1.96 bits per heavy atom. The van der Waals surface area contributed by atoms with Crippen LogP contribution in [0.2, 0.25) is 10.2 Å². The summed E-state index contributed by atoms with van der Waals surface area (Å²) in [5.74, 6) is -1.74. The summed E-state index contributed by atoms with van der Waals surface area (Å²) in [5, 5.41) is 13.6. The summed E-state index contributed by atoms with van der Waals surface area (Å²) in [6.45, 7) is 0. The molecule has 0 amide bonds. The Morgan fingerprint density at radius 3 is 2.61 bits per heavy atom. The van der Waals surface area contributed by atoms with Gasteiger partial charge >= 0.3 is 5.97 Å². The van der Waals surface area contributed by atoms with E-state index in [0.29, 0.717) is 16.9 Å². The molecule has 3 aromatic rings. The third kappa shape index (κ3) is 3.18. The largest absolute Gasteiger partial charge is 0.476 e. The normalized spacial score (nSPS) is 10.7. The van der Waals surface area contributed by atoms with Crippen molar-refractivity contribution in [2.75, 3.05) is 0 Å². The number of carboxylic acid groups (broad SMARTS) is 1. The monoisotopic (exact) mass is 351 g/mol. The maximum absolute atomic E-state index is 13.6. The van der Waals surface area contributed by atoms with E-state index in [4.69, 9.17) is 28.3 Å². The molecule has 116 valence electrons. The van der Waals surface area contributed by atoms with Crippen molar-refractivity contribution in [2.45, 2.75) is 0 Å². The second-order valence-corrected chi connectivity index (χ2v) is 5.45. The van der Waals surface area contributed by atoms with Gasteiger partial charge in [-0.05, 0) is 30.3 Å². The summed E-state index contributed by atoms with van der Waals surface area (Å²) >= 11 is 11.7. The van der Waals surface area contributed by atoms with E-state index in [1.807, 2.05) is 0 Å². The molecule has 0 aliphatic carbocycles. The molecule has 1 aromatic carbocycles. The highest BCUT2D eigenvalue weighted by molar-refractivity contribution is 6.31. The molecule has 0 saturated carbocycles. The highest BCUT2D eigenvalue weighted by Gasteiger charge is 2.17. The van der Waals surface area contributed by atoms with Gasteiger partial charge in [0.2, 0.25) is 0 Å². The Hall–Kier alpha value is -2.44. The first-order chi connectivity index (χ1) is 10.9. The van der Waals surface area contributed by atoms with Crippen LogP contribution in [0.1, 0.15) is 10.5 Å². The summed E-state index contributed by atoms with van der Waals surface area (Å²) in [5.41, 5.74) is 1.07.